The van der Waals surface area contributed by atoms with E-state index in [0.29, 0.717) is 11.8 Å². The highest BCUT2D eigenvalue weighted by molar-refractivity contribution is 5.46. The van der Waals surface area contributed by atoms with Gasteiger partial charge in [0.25, 0.3) is 0 Å². The van der Waals surface area contributed by atoms with E-state index in [4.69, 9.17) is 0 Å². The van der Waals surface area contributed by atoms with Crippen LogP contribution in [0, 0.1) is 11.8 Å². The number of benzene rings is 1. The van der Waals surface area contributed by atoms with Gasteiger partial charge in [0.2, 0.25) is 0 Å². The molecule has 0 spiro atoms. The molecule has 2 unspecified atom stereocenters. The standard InChI is InChI=1S/C19H20F3N3/c20-19(21,22)18-7-6-17(8-23-18)25-12-15-10-24(11-16(15)13-25)9-14-4-2-1-3-5-14/h1-8,15-16H,9-13H2. The lowest BCUT2D eigenvalue weighted by molar-refractivity contribution is -0.141. The first-order valence-electron chi connectivity index (χ1n) is 8.53. The molecule has 25 heavy (non-hydrogen) atoms. The number of aromatic nitrogens is 1. The van der Waals surface area contributed by atoms with Crippen LogP contribution in [0.5, 0.6) is 0 Å². The number of likely N-dealkylation sites (tertiary alicyclic amines) is 1. The Morgan fingerprint density at radius 2 is 1.60 bits per heavy atom. The Morgan fingerprint density at radius 3 is 2.16 bits per heavy atom. The summed E-state index contributed by atoms with van der Waals surface area (Å²) in [7, 11) is 0. The van der Waals surface area contributed by atoms with Gasteiger partial charge in [-0.25, -0.2) is 4.98 Å². The highest BCUT2D eigenvalue weighted by atomic mass is 19.4. The smallest absolute Gasteiger partial charge is 0.370 e. The van der Waals surface area contributed by atoms with Gasteiger partial charge >= 0.3 is 6.18 Å². The highest BCUT2D eigenvalue weighted by Gasteiger charge is 2.40. The number of halogens is 3. The monoisotopic (exact) mass is 347 g/mol. The Balaban J connectivity index is 1.36. The molecule has 0 aliphatic carbocycles. The number of alkyl halides is 3. The van der Waals surface area contributed by atoms with Crippen molar-refractivity contribution in [2.24, 2.45) is 11.8 Å². The number of pyridine rings is 1. The Kier molecular flexibility index (Phi) is 4.15. The quantitative estimate of drug-likeness (QED) is 0.845. The summed E-state index contributed by atoms with van der Waals surface area (Å²) in [6, 6.07) is 13.1. The van der Waals surface area contributed by atoms with Crippen molar-refractivity contribution < 1.29 is 13.2 Å². The largest absolute Gasteiger partial charge is 0.433 e. The first-order valence-corrected chi connectivity index (χ1v) is 8.53. The molecule has 0 bridgehead atoms. The fraction of sp³-hybridized carbons (Fsp3) is 0.421. The maximum absolute atomic E-state index is 12.6. The summed E-state index contributed by atoms with van der Waals surface area (Å²) in [6.45, 7) is 4.84. The van der Waals surface area contributed by atoms with Gasteiger partial charge in [-0.05, 0) is 29.5 Å². The molecule has 2 atom stereocenters. The van der Waals surface area contributed by atoms with Crippen LogP contribution in [0.15, 0.2) is 48.7 Å². The molecule has 0 saturated carbocycles. The Morgan fingerprint density at radius 1 is 0.920 bits per heavy atom. The van der Waals surface area contributed by atoms with Crippen LogP contribution in [0.2, 0.25) is 0 Å². The minimum atomic E-state index is -4.38. The second-order valence-electron chi connectivity index (χ2n) is 7.00. The van der Waals surface area contributed by atoms with E-state index in [0.717, 1.165) is 44.5 Å². The topological polar surface area (TPSA) is 19.4 Å². The van der Waals surface area contributed by atoms with Gasteiger partial charge in [0, 0.05) is 32.7 Å². The van der Waals surface area contributed by atoms with Gasteiger partial charge in [-0.15, -0.1) is 0 Å². The highest BCUT2D eigenvalue weighted by Crippen LogP contribution is 2.35. The molecular weight excluding hydrogens is 327 g/mol. The number of hydrogen-bond acceptors (Lipinski definition) is 3. The summed E-state index contributed by atoms with van der Waals surface area (Å²) < 4.78 is 37.9. The van der Waals surface area contributed by atoms with Crippen molar-refractivity contribution in [2.75, 3.05) is 31.1 Å². The fourth-order valence-corrected chi connectivity index (χ4v) is 4.01. The summed E-state index contributed by atoms with van der Waals surface area (Å²) in [5, 5.41) is 0. The van der Waals surface area contributed by atoms with Gasteiger partial charge in [-0.2, -0.15) is 13.2 Å². The van der Waals surface area contributed by atoms with E-state index in [1.165, 1.54) is 11.8 Å². The van der Waals surface area contributed by atoms with Gasteiger partial charge in [0.15, 0.2) is 0 Å². The van der Waals surface area contributed by atoms with E-state index >= 15 is 0 Å². The van der Waals surface area contributed by atoms with E-state index in [9.17, 15) is 13.2 Å². The van der Waals surface area contributed by atoms with Gasteiger partial charge in [-0.3, -0.25) is 4.90 Å². The lowest BCUT2D eigenvalue weighted by Gasteiger charge is -2.23. The molecule has 2 aromatic rings. The number of hydrogen-bond donors (Lipinski definition) is 0. The number of rotatable bonds is 3. The Labute approximate surface area is 145 Å². The van der Waals surface area contributed by atoms with Crippen molar-refractivity contribution in [2.45, 2.75) is 12.7 Å². The van der Waals surface area contributed by atoms with Crippen LogP contribution in [-0.2, 0) is 12.7 Å². The molecule has 4 rings (SSSR count). The van der Waals surface area contributed by atoms with E-state index in [-0.39, 0.29) is 0 Å². The normalized spacial score (nSPS) is 23.9. The lowest BCUT2D eigenvalue weighted by atomic mass is 10.0. The summed E-state index contributed by atoms with van der Waals surface area (Å²) in [4.78, 5) is 8.23. The zero-order valence-electron chi connectivity index (χ0n) is 13.8. The van der Waals surface area contributed by atoms with Gasteiger partial charge < -0.3 is 4.90 Å². The molecule has 1 aromatic carbocycles. The van der Waals surface area contributed by atoms with Crippen molar-refractivity contribution in [3.8, 4) is 0 Å². The first kappa shape index (κ1) is 16.4. The van der Waals surface area contributed by atoms with Crippen molar-refractivity contribution in [3.63, 3.8) is 0 Å². The van der Waals surface area contributed by atoms with Gasteiger partial charge in [0.1, 0.15) is 5.69 Å². The third-order valence-electron chi connectivity index (χ3n) is 5.21. The molecule has 0 radical (unpaired) electrons. The summed E-state index contributed by atoms with van der Waals surface area (Å²) in [5.41, 5.74) is 1.29. The summed E-state index contributed by atoms with van der Waals surface area (Å²) in [6.07, 6.45) is -3.02. The molecule has 2 aliphatic heterocycles. The second kappa shape index (κ2) is 6.33. The number of fused-ring (bicyclic) bond motifs is 1. The molecule has 3 nitrogen and oxygen atoms in total. The average molecular weight is 347 g/mol. The minimum Gasteiger partial charge on any atom is -0.370 e. The zero-order chi connectivity index (χ0) is 17.4. The summed E-state index contributed by atoms with van der Waals surface area (Å²) >= 11 is 0. The van der Waals surface area contributed by atoms with Crippen LogP contribution in [0.25, 0.3) is 0 Å². The summed E-state index contributed by atoms with van der Waals surface area (Å²) in [5.74, 6) is 1.15. The van der Waals surface area contributed by atoms with Gasteiger partial charge in [-0.1, -0.05) is 30.3 Å². The number of nitrogens with zero attached hydrogens (tertiary/aromatic N) is 3. The van der Waals surface area contributed by atoms with E-state index in [1.807, 2.05) is 6.07 Å². The number of anilines is 1. The molecular formula is C19H20F3N3. The van der Waals surface area contributed by atoms with Crippen LogP contribution >= 0.6 is 0 Å². The molecule has 3 heterocycles. The van der Waals surface area contributed by atoms with Crippen LogP contribution < -0.4 is 4.90 Å². The maximum Gasteiger partial charge on any atom is 0.433 e. The minimum absolute atomic E-state index is 0.575. The molecule has 0 N–H and O–H groups in total. The van der Waals surface area contributed by atoms with Crippen LogP contribution in [0.1, 0.15) is 11.3 Å². The van der Waals surface area contributed by atoms with E-state index in [2.05, 4.69) is 39.0 Å². The first-order chi connectivity index (χ1) is 12.0. The van der Waals surface area contributed by atoms with E-state index in [1.54, 1.807) is 6.07 Å². The Bertz CT molecular complexity index is 701. The SMILES string of the molecule is FC(F)(F)c1ccc(N2CC3CN(Cc4ccccc4)CC3C2)cn1. The van der Waals surface area contributed by atoms with Crippen LogP contribution in [-0.4, -0.2) is 36.1 Å². The molecule has 2 aliphatic rings. The predicted octanol–water partition coefficient (Wildman–Crippen LogP) is 3.67. The van der Waals surface area contributed by atoms with Crippen molar-refractivity contribution in [1.29, 1.82) is 0 Å². The third-order valence-corrected chi connectivity index (χ3v) is 5.21. The maximum atomic E-state index is 12.6. The predicted molar refractivity (Wildman–Crippen MR) is 90.2 cm³/mol. The van der Waals surface area contributed by atoms with Crippen molar-refractivity contribution in [1.82, 2.24) is 9.88 Å². The fourth-order valence-electron chi connectivity index (χ4n) is 4.01. The zero-order valence-corrected chi connectivity index (χ0v) is 13.8. The van der Waals surface area contributed by atoms with Crippen LogP contribution in [0.3, 0.4) is 0 Å². The Hall–Kier alpha value is -2.08. The van der Waals surface area contributed by atoms with Crippen molar-refractivity contribution >= 4 is 5.69 Å². The lowest BCUT2D eigenvalue weighted by Crippen LogP contribution is -2.28. The van der Waals surface area contributed by atoms with Crippen molar-refractivity contribution in [3.05, 3.63) is 59.9 Å². The van der Waals surface area contributed by atoms with Gasteiger partial charge in [0.05, 0.1) is 11.9 Å². The second-order valence-corrected chi connectivity index (χ2v) is 7.00. The molecule has 2 fully saturated rings. The van der Waals surface area contributed by atoms with Crippen LogP contribution in [0.4, 0.5) is 18.9 Å². The molecule has 6 heteroatoms. The molecule has 2 saturated heterocycles. The third kappa shape index (κ3) is 3.49. The van der Waals surface area contributed by atoms with E-state index < -0.39 is 11.9 Å². The molecule has 0 amide bonds. The molecule has 132 valence electrons. The molecule has 1 aromatic heterocycles. The average Bonchev–Trinajstić information content (AvgIpc) is 3.13.